The van der Waals surface area contributed by atoms with E-state index in [4.69, 9.17) is 0 Å². The van der Waals surface area contributed by atoms with Gasteiger partial charge in [-0.15, -0.1) is 0 Å². The summed E-state index contributed by atoms with van der Waals surface area (Å²) in [6, 6.07) is 22.1. The van der Waals surface area contributed by atoms with Gasteiger partial charge >= 0.3 is 0 Å². The van der Waals surface area contributed by atoms with E-state index in [9.17, 15) is 9.59 Å². The zero-order valence-corrected chi connectivity index (χ0v) is 16.4. The molecular formula is C22H16BrN3O2. The van der Waals surface area contributed by atoms with Crippen LogP contribution in [0.3, 0.4) is 0 Å². The Bertz CT molecular complexity index is 1220. The Morgan fingerprint density at radius 1 is 1.00 bits per heavy atom. The standard InChI is InChI=1S/C22H16BrN3O2/c23-17-9-4-10-18(13-17)25-21(27)19-12-16-8-5-11-24-20(16)26(22(19)28)14-15-6-2-1-3-7-15/h1-13H,14H2,(H,25,27). The number of nitrogens with one attached hydrogen (secondary N) is 1. The molecule has 2 aromatic carbocycles. The summed E-state index contributed by atoms with van der Waals surface area (Å²) in [4.78, 5) is 30.3. The van der Waals surface area contributed by atoms with Crippen LogP contribution in [0.1, 0.15) is 15.9 Å². The maximum atomic E-state index is 13.1. The Hall–Kier alpha value is -3.25. The topological polar surface area (TPSA) is 64.0 Å². The number of hydrogen-bond acceptors (Lipinski definition) is 3. The molecular weight excluding hydrogens is 418 g/mol. The second-order valence-corrected chi connectivity index (χ2v) is 7.23. The van der Waals surface area contributed by atoms with Crippen LogP contribution in [0.25, 0.3) is 11.0 Å². The Morgan fingerprint density at radius 2 is 1.82 bits per heavy atom. The van der Waals surface area contributed by atoms with Crippen molar-refractivity contribution in [2.75, 3.05) is 5.32 Å². The molecule has 0 aliphatic carbocycles. The first-order valence-corrected chi connectivity index (χ1v) is 9.50. The molecule has 1 amide bonds. The van der Waals surface area contributed by atoms with E-state index in [1.807, 2.05) is 48.5 Å². The molecule has 0 radical (unpaired) electrons. The van der Waals surface area contributed by atoms with Crippen LogP contribution in [0.4, 0.5) is 5.69 Å². The number of hydrogen-bond donors (Lipinski definition) is 1. The monoisotopic (exact) mass is 433 g/mol. The van der Waals surface area contributed by atoms with E-state index in [1.54, 1.807) is 35.0 Å². The van der Waals surface area contributed by atoms with Crippen LogP contribution in [-0.2, 0) is 6.54 Å². The molecule has 28 heavy (non-hydrogen) atoms. The normalized spacial score (nSPS) is 10.8. The molecule has 0 atom stereocenters. The Morgan fingerprint density at radius 3 is 2.61 bits per heavy atom. The Kier molecular flexibility index (Phi) is 5.04. The number of rotatable bonds is 4. The molecule has 0 aliphatic rings. The highest BCUT2D eigenvalue weighted by Gasteiger charge is 2.17. The van der Waals surface area contributed by atoms with Crippen molar-refractivity contribution < 1.29 is 4.79 Å². The zero-order valence-electron chi connectivity index (χ0n) is 14.8. The van der Waals surface area contributed by atoms with E-state index in [-0.39, 0.29) is 11.1 Å². The predicted octanol–water partition coefficient (Wildman–Crippen LogP) is 4.46. The highest BCUT2D eigenvalue weighted by molar-refractivity contribution is 9.10. The van der Waals surface area contributed by atoms with Gasteiger partial charge in [-0.2, -0.15) is 0 Å². The van der Waals surface area contributed by atoms with Crippen molar-refractivity contribution in [2.45, 2.75) is 6.54 Å². The fourth-order valence-electron chi connectivity index (χ4n) is 3.05. The number of aromatic nitrogens is 2. The lowest BCUT2D eigenvalue weighted by Gasteiger charge is -2.12. The van der Waals surface area contributed by atoms with Crippen LogP contribution < -0.4 is 10.9 Å². The number of carbonyl (C=O) groups is 1. The van der Waals surface area contributed by atoms with E-state index in [1.165, 1.54) is 0 Å². The molecule has 138 valence electrons. The molecule has 4 rings (SSSR count). The summed E-state index contributed by atoms with van der Waals surface area (Å²) in [5.41, 5.74) is 1.83. The van der Waals surface area contributed by atoms with E-state index >= 15 is 0 Å². The van der Waals surface area contributed by atoms with Gasteiger partial charge in [0.2, 0.25) is 0 Å². The molecule has 2 aromatic heterocycles. The maximum absolute atomic E-state index is 13.1. The SMILES string of the molecule is O=C(Nc1cccc(Br)c1)c1cc2cccnc2n(Cc2ccccc2)c1=O. The molecule has 5 nitrogen and oxygen atoms in total. The van der Waals surface area contributed by atoms with Gasteiger partial charge in [-0.1, -0.05) is 52.3 Å². The first-order valence-electron chi connectivity index (χ1n) is 8.71. The molecule has 2 heterocycles. The summed E-state index contributed by atoms with van der Waals surface area (Å²) in [5, 5.41) is 3.53. The average molecular weight is 434 g/mol. The number of halogens is 1. The van der Waals surface area contributed by atoms with E-state index in [0.29, 0.717) is 17.9 Å². The van der Waals surface area contributed by atoms with E-state index < -0.39 is 5.91 Å². The van der Waals surface area contributed by atoms with Crippen LogP contribution in [0.5, 0.6) is 0 Å². The average Bonchev–Trinajstić information content (AvgIpc) is 2.70. The number of fused-ring (bicyclic) bond motifs is 1. The van der Waals surface area contributed by atoms with Gasteiger partial charge in [-0.05, 0) is 42.0 Å². The number of amides is 1. The van der Waals surface area contributed by atoms with Gasteiger partial charge in [0.15, 0.2) is 0 Å². The summed E-state index contributed by atoms with van der Waals surface area (Å²) in [5.74, 6) is -0.448. The summed E-state index contributed by atoms with van der Waals surface area (Å²) in [7, 11) is 0. The van der Waals surface area contributed by atoms with Crippen LogP contribution in [0, 0.1) is 0 Å². The fraction of sp³-hybridized carbons (Fsp3) is 0.0455. The second-order valence-electron chi connectivity index (χ2n) is 6.32. The minimum Gasteiger partial charge on any atom is -0.322 e. The van der Waals surface area contributed by atoms with E-state index in [0.717, 1.165) is 15.4 Å². The van der Waals surface area contributed by atoms with Gasteiger partial charge in [-0.3, -0.25) is 14.2 Å². The van der Waals surface area contributed by atoms with Crippen LogP contribution in [0.15, 0.2) is 88.3 Å². The van der Waals surface area contributed by atoms with Crippen molar-refractivity contribution in [3.8, 4) is 0 Å². The van der Waals surface area contributed by atoms with Gasteiger partial charge in [0.1, 0.15) is 11.2 Å². The lowest BCUT2D eigenvalue weighted by molar-refractivity contribution is 0.102. The lowest BCUT2D eigenvalue weighted by Crippen LogP contribution is -2.30. The number of anilines is 1. The number of nitrogens with zero attached hydrogens (tertiary/aromatic N) is 2. The fourth-order valence-corrected chi connectivity index (χ4v) is 3.45. The number of benzene rings is 2. The summed E-state index contributed by atoms with van der Waals surface area (Å²) in [6.07, 6.45) is 1.64. The summed E-state index contributed by atoms with van der Waals surface area (Å²) in [6.45, 7) is 0.338. The molecule has 0 saturated carbocycles. The lowest BCUT2D eigenvalue weighted by atomic mass is 10.1. The molecule has 0 saturated heterocycles. The largest absolute Gasteiger partial charge is 0.322 e. The Labute approximate surface area is 169 Å². The molecule has 4 aromatic rings. The molecule has 6 heteroatoms. The smallest absolute Gasteiger partial charge is 0.265 e. The maximum Gasteiger partial charge on any atom is 0.265 e. The summed E-state index contributed by atoms with van der Waals surface area (Å²) >= 11 is 3.38. The van der Waals surface area contributed by atoms with Crippen LogP contribution in [0.2, 0.25) is 0 Å². The van der Waals surface area contributed by atoms with Crippen LogP contribution >= 0.6 is 15.9 Å². The van der Waals surface area contributed by atoms with Crippen LogP contribution in [-0.4, -0.2) is 15.5 Å². The third-order valence-corrected chi connectivity index (χ3v) is 4.85. The number of carbonyl (C=O) groups excluding carboxylic acids is 1. The highest BCUT2D eigenvalue weighted by Crippen LogP contribution is 2.17. The van der Waals surface area contributed by atoms with Crippen molar-refractivity contribution in [1.29, 1.82) is 0 Å². The van der Waals surface area contributed by atoms with Gasteiger partial charge in [-0.25, -0.2) is 4.98 Å². The van der Waals surface area contributed by atoms with Crippen molar-refractivity contribution >= 4 is 38.6 Å². The van der Waals surface area contributed by atoms with Gasteiger partial charge < -0.3 is 5.32 Å². The first kappa shape index (κ1) is 18.1. The predicted molar refractivity (Wildman–Crippen MR) is 114 cm³/mol. The highest BCUT2D eigenvalue weighted by atomic mass is 79.9. The molecule has 1 N–H and O–H groups in total. The third-order valence-electron chi connectivity index (χ3n) is 4.36. The third kappa shape index (κ3) is 3.73. The first-order chi connectivity index (χ1) is 13.6. The molecule has 0 aliphatic heterocycles. The zero-order chi connectivity index (χ0) is 19.5. The minimum atomic E-state index is -0.448. The van der Waals surface area contributed by atoms with Gasteiger partial charge in [0, 0.05) is 21.7 Å². The van der Waals surface area contributed by atoms with Crippen molar-refractivity contribution in [3.05, 3.63) is 105 Å². The molecule has 0 bridgehead atoms. The Balaban J connectivity index is 1.79. The van der Waals surface area contributed by atoms with Crippen molar-refractivity contribution in [1.82, 2.24) is 9.55 Å². The molecule has 0 fully saturated rings. The van der Waals surface area contributed by atoms with Gasteiger partial charge in [0.25, 0.3) is 11.5 Å². The van der Waals surface area contributed by atoms with Crippen molar-refractivity contribution in [3.63, 3.8) is 0 Å². The quantitative estimate of drug-likeness (QED) is 0.516. The van der Waals surface area contributed by atoms with Gasteiger partial charge in [0.05, 0.1) is 6.54 Å². The van der Waals surface area contributed by atoms with E-state index in [2.05, 4.69) is 26.2 Å². The second kappa shape index (κ2) is 7.78. The summed E-state index contributed by atoms with van der Waals surface area (Å²) < 4.78 is 2.38. The molecule has 0 unspecified atom stereocenters. The molecule has 0 spiro atoms. The minimum absolute atomic E-state index is 0.0800. The number of pyridine rings is 2. The van der Waals surface area contributed by atoms with Crippen molar-refractivity contribution in [2.24, 2.45) is 0 Å².